The molecule has 0 saturated heterocycles. The van der Waals surface area contributed by atoms with E-state index in [0.29, 0.717) is 12.0 Å². The number of allylic oxidation sites excluding steroid dienone is 4. The van der Waals surface area contributed by atoms with E-state index in [0.717, 1.165) is 43.6 Å². The van der Waals surface area contributed by atoms with Gasteiger partial charge in [0.25, 0.3) is 0 Å². The van der Waals surface area contributed by atoms with Crippen molar-refractivity contribution in [2.24, 2.45) is 0 Å². The summed E-state index contributed by atoms with van der Waals surface area (Å²) in [4.78, 5) is 4.17. The number of hydrogen-bond acceptors (Lipinski definition) is 3. The van der Waals surface area contributed by atoms with Gasteiger partial charge in [0.05, 0.1) is 13.2 Å². The van der Waals surface area contributed by atoms with Gasteiger partial charge in [-0.25, -0.2) is 0 Å². The molecule has 2 aliphatic rings. The number of ether oxygens (including phenoxy) is 2. The van der Waals surface area contributed by atoms with Crippen molar-refractivity contribution in [1.29, 1.82) is 0 Å². The molecular weight excluding hydrogens is 346 g/mol. The maximum Gasteiger partial charge on any atom is 0.161 e. The molecule has 2 aliphatic carbocycles. The molecule has 4 rings (SSSR count). The molecule has 1 aromatic carbocycles. The monoisotopic (exact) mass is 375 g/mol. The first-order chi connectivity index (χ1) is 13.8. The summed E-state index contributed by atoms with van der Waals surface area (Å²) >= 11 is 0. The third-order valence-corrected chi connectivity index (χ3v) is 5.80. The Bertz CT molecular complexity index is 835. The van der Waals surface area contributed by atoms with Crippen LogP contribution in [0.15, 0.2) is 66.5 Å². The second-order valence-electron chi connectivity index (χ2n) is 7.73. The van der Waals surface area contributed by atoms with Crippen LogP contribution in [0.4, 0.5) is 0 Å². The molecule has 0 amide bonds. The third kappa shape index (κ3) is 4.46. The Morgan fingerprint density at radius 1 is 1.04 bits per heavy atom. The fourth-order valence-corrected chi connectivity index (χ4v) is 4.26. The summed E-state index contributed by atoms with van der Waals surface area (Å²) in [6.45, 7) is 0. The van der Waals surface area contributed by atoms with E-state index >= 15 is 0 Å². The average Bonchev–Trinajstić information content (AvgIpc) is 3.26. The van der Waals surface area contributed by atoms with E-state index in [9.17, 15) is 0 Å². The largest absolute Gasteiger partial charge is 0.493 e. The lowest BCUT2D eigenvalue weighted by Gasteiger charge is -2.23. The Morgan fingerprint density at radius 2 is 1.86 bits per heavy atom. The van der Waals surface area contributed by atoms with Gasteiger partial charge in [0.2, 0.25) is 0 Å². The van der Waals surface area contributed by atoms with Crippen LogP contribution in [0.1, 0.15) is 55.6 Å². The number of aromatic nitrogens is 1. The smallest absolute Gasteiger partial charge is 0.161 e. The van der Waals surface area contributed by atoms with E-state index in [1.54, 1.807) is 7.11 Å². The van der Waals surface area contributed by atoms with E-state index < -0.39 is 0 Å². The molecule has 3 nitrogen and oxygen atoms in total. The summed E-state index contributed by atoms with van der Waals surface area (Å²) in [6.07, 6.45) is 19.0. The second kappa shape index (κ2) is 9.09. The molecule has 1 atom stereocenters. The van der Waals surface area contributed by atoms with Crippen molar-refractivity contribution in [3.63, 3.8) is 0 Å². The molecule has 0 aliphatic heterocycles. The molecule has 0 unspecified atom stereocenters. The van der Waals surface area contributed by atoms with Gasteiger partial charge in [-0.05, 0) is 85.9 Å². The number of methoxy groups -OCH3 is 1. The number of pyridine rings is 1. The molecule has 1 aromatic heterocycles. The van der Waals surface area contributed by atoms with Gasteiger partial charge in [0.15, 0.2) is 11.5 Å². The standard InChI is InChI=1S/C25H29NO2/c1-27-24-12-11-21(18-25(24)28-22-9-5-6-10-22)23(20-7-3-2-4-8-20)17-19-13-15-26-16-14-19/h3,7-8,11-16,18,22-23H,2,4-6,9-10,17H2,1H3/t23-/m0/s1. The normalized spacial score (nSPS) is 18.0. The number of rotatable bonds is 7. The fourth-order valence-electron chi connectivity index (χ4n) is 4.26. The van der Waals surface area contributed by atoms with Crippen LogP contribution < -0.4 is 9.47 Å². The first kappa shape index (κ1) is 18.8. The summed E-state index contributed by atoms with van der Waals surface area (Å²) in [5, 5.41) is 0. The fraction of sp³-hybridized carbons (Fsp3) is 0.400. The van der Waals surface area contributed by atoms with Crippen LogP contribution in [0.5, 0.6) is 11.5 Å². The molecule has 0 radical (unpaired) electrons. The predicted molar refractivity (Wildman–Crippen MR) is 113 cm³/mol. The molecule has 1 saturated carbocycles. The van der Waals surface area contributed by atoms with Crippen LogP contribution in [0.3, 0.4) is 0 Å². The van der Waals surface area contributed by atoms with Gasteiger partial charge in [-0.15, -0.1) is 0 Å². The molecule has 3 heteroatoms. The van der Waals surface area contributed by atoms with E-state index in [4.69, 9.17) is 9.47 Å². The molecule has 146 valence electrons. The molecular formula is C25H29NO2. The van der Waals surface area contributed by atoms with Gasteiger partial charge in [0, 0.05) is 18.3 Å². The predicted octanol–water partition coefficient (Wildman–Crippen LogP) is 6.01. The minimum absolute atomic E-state index is 0.302. The van der Waals surface area contributed by atoms with Crippen LogP contribution in [0, 0.1) is 0 Å². The van der Waals surface area contributed by atoms with Gasteiger partial charge >= 0.3 is 0 Å². The van der Waals surface area contributed by atoms with Crippen molar-refractivity contribution in [3.8, 4) is 11.5 Å². The Kier molecular flexibility index (Phi) is 6.11. The summed E-state index contributed by atoms with van der Waals surface area (Å²) in [5.41, 5.74) is 3.97. The first-order valence-electron chi connectivity index (χ1n) is 10.4. The Balaban J connectivity index is 1.66. The molecule has 1 fully saturated rings. The van der Waals surface area contributed by atoms with Gasteiger partial charge in [0.1, 0.15) is 0 Å². The Labute approximate surface area is 168 Å². The van der Waals surface area contributed by atoms with Crippen molar-refractivity contribution in [2.45, 2.75) is 57.0 Å². The van der Waals surface area contributed by atoms with E-state index in [1.165, 1.54) is 29.5 Å². The Hall–Kier alpha value is -2.55. The highest BCUT2D eigenvalue weighted by Gasteiger charge is 2.22. The number of hydrogen-bond donors (Lipinski definition) is 0. The van der Waals surface area contributed by atoms with Crippen LogP contribution in [0.25, 0.3) is 0 Å². The van der Waals surface area contributed by atoms with E-state index in [-0.39, 0.29) is 0 Å². The SMILES string of the molecule is COc1ccc([C@@H](Cc2ccncc2)C2=CCCC=C2)cc1OC1CCCC1. The van der Waals surface area contributed by atoms with Crippen molar-refractivity contribution in [2.75, 3.05) is 7.11 Å². The molecule has 28 heavy (non-hydrogen) atoms. The highest BCUT2D eigenvalue weighted by molar-refractivity contribution is 5.48. The molecule has 0 bridgehead atoms. The lowest BCUT2D eigenvalue weighted by atomic mass is 9.83. The highest BCUT2D eigenvalue weighted by Crippen LogP contribution is 2.38. The lowest BCUT2D eigenvalue weighted by molar-refractivity contribution is 0.200. The first-order valence-corrected chi connectivity index (χ1v) is 10.4. The quantitative estimate of drug-likeness (QED) is 0.593. The zero-order chi connectivity index (χ0) is 19.2. The lowest BCUT2D eigenvalue weighted by Crippen LogP contribution is -2.13. The maximum absolute atomic E-state index is 6.35. The molecule has 2 aromatic rings. The summed E-state index contributed by atoms with van der Waals surface area (Å²) in [5.74, 6) is 2.01. The zero-order valence-electron chi connectivity index (χ0n) is 16.6. The van der Waals surface area contributed by atoms with Gasteiger partial charge < -0.3 is 9.47 Å². The van der Waals surface area contributed by atoms with E-state index in [1.807, 2.05) is 12.4 Å². The van der Waals surface area contributed by atoms with Crippen LogP contribution >= 0.6 is 0 Å². The second-order valence-corrected chi connectivity index (χ2v) is 7.73. The van der Waals surface area contributed by atoms with Crippen LogP contribution in [0.2, 0.25) is 0 Å². The Morgan fingerprint density at radius 3 is 2.57 bits per heavy atom. The van der Waals surface area contributed by atoms with Crippen LogP contribution in [-0.2, 0) is 6.42 Å². The van der Waals surface area contributed by atoms with Crippen LogP contribution in [-0.4, -0.2) is 18.2 Å². The van der Waals surface area contributed by atoms with Crippen molar-refractivity contribution < 1.29 is 9.47 Å². The van der Waals surface area contributed by atoms with Gasteiger partial charge in [-0.3, -0.25) is 4.98 Å². The summed E-state index contributed by atoms with van der Waals surface area (Å²) in [7, 11) is 1.72. The maximum atomic E-state index is 6.35. The van der Waals surface area contributed by atoms with Gasteiger partial charge in [-0.1, -0.05) is 24.3 Å². The minimum atomic E-state index is 0.302. The number of nitrogens with zero attached hydrogens (tertiary/aromatic N) is 1. The summed E-state index contributed by atoms with van der Waals surface area (Å²) in [6, 6.07) is 10.7. The van der Waals surface area contributed by atoms with E-state index in [2.05, 4.69) is 53.5 Å². The zero-order valence-corrected chi connectivity index (χ0v) is 16.6. The third-order valence-electron chi connectivity index (χ3n) is 5.80. The molecule has 0 N–H and O–H groups in total. The van der Waals surface area contributed by atoms with Crippen molar-refractivity contribution in [3.05, 3.63) is 77.7 Å². The van der Waals surface area contributed by atoms with Gasteiger partial charge in [-0.2, -0.15) is 0 Å². The molecule has 0 spiro atoms. The topological polar surface area (TPSA) is 31.4 Å². The number of benzene rings is 1. The minimum Gasteiger partial charge on any atom is -0.493 e. The summed E-state index contributed by atoms with van der Waals surface area (Å²) < 4.78 is 11.9. The average molecular weight is 376 g/mol. The molecule has 1 heterocycles. The highest BCUT2D eigenvalue weighted by atomic mass is 16.5. The van der Waals surface area contributed by atoms with Crippen molar-refractivity contribution >= 4 is 0 Å². The van der Waals surface area contributed by atoms with Crippen molar-refractivity contribution in [1.82, 2.24) is 4.98 Å².